The van der Waals surface area contributed by atoms with Crippen LogP contribution in [0, 0.1) is 24.5 Å². The van der Waals surface area contributed by atoms with Crippen molar-refractivity contribution in [3.63, 3.8) is 0 Å². The van der Waals surface area contributed by atoms with Crippen LogP contribution in [-0.4, -0.2) is 49.0 Å². The van der Waals surface area contributed by atoms with Crippen LogP contribution in [-0.2, 0) is 0 Å². The molecule has 4 aromatic rings. The van der Waals surface area contributed by atoms with Crippen LogP contribution in [0.25, 0.3) is 22.3 Å². The van der Waals surface area contributed by atoms with Crippen molar-refractivity contribution in [1.29, 1.82) is 0 Å². The van der Waals surface area contributed by atoms with E-state index in [1.807, 2.05) is 37.6 Å². The summed E-state index contributed by atoms with van der Waals surface area (Å²) in [6.07, 6.45) is 9.71. The Morgan fingerprint density at radius 1 is 1.05 bits per heavy atom. The number of imidazole rings is 1. The van der Waals surface area contributed by atoms with E-state index in [2.05, 4.69) is 62.2 Å². The minimum atomic E-state index is -0.636. The van der Waals surface area contributed by atoms with E-state index >= 15 is 4.39 Å². The SMILES string of the molecule is C/C=C/C(c1ccc(Nc2ncc(F)c(-c3cc(F)c4nc(C)n(C(C)C)c4c3)n2)nc1)C1CCN(CC)CC1. The second-order valence-electron chi connectivity index (χ2n) is 10.8. The molecule has 1 aliphatic heterocycles. The summed E-state index contributed by atoms with van der Waals surface area (Å²) in [7, 11) is 0. The van der Waals surface area contributed by atoms with Crippen LogP contribution in [0.15, 0.2) is 48.8 Å². The zero-order valence-corrected chi connectivity index (χ0v) is 23.8. The smallest absolute Gasteiger partial charge is 0.229 e. The average Bonchev–Trinajstić information content (AvgIpc) is 3.30. The molecule has 210 valence electrons. The summed E-state index contributed by atoms with van der Waals surface area (Å²) in [6, 6.07) is 7.05. The van der Waals surface area contributed by atoms with Crippen molar-refractivity contribution in [2.45, 2.75) is 59.4 Å². The zero-order valence-electron chi connectivity index (χ0n) is 23.8. The molecule has 1 unspecified atom stereocenters. The summed E-state index contributed by atoms with van der Waals surface area (Å²) in [5.74, 6) is 1.17. The predicted molar refractivity (Wildman–Crippen MR) is 156 cm³/mol. The number of pyridine rings is 1. The van der Waals surface area contributed by atoms with Gasteiger partial charge in [0, 0.05) is 23.7 Å². The van der Waals surface area contributed by atoms with Crippen molar-refractivity contribution >= 4 is 22.8 Å². The Morgan fingerprint density at radius 3 is 2.48 bits per heavy atom. The molecule has 0 aliphatic carbocycles. The molecule has 0 saturated carbocycles. The number of benzene rings is 1. The summed E-state index contributed by atoms with van der Waals surface area (Å²) in [6.45, 7) is 13.5. The third-order valence-corrected chi connectivity index (χ3v) is 7.86. The molecule has 0 bridgehead atoms. The number of anilines is 2. The van der Waals surface area contributed by atoms with Gasteiger partial charge in [-0.15, -0.1) is 0 Å². The first-order valence-electron chi connectivity index (χ1n) is 14.1. The van der Waals surface area contributed by atoms with Gasteiger partial charge in [-0.1, -0.05) is 25.1 Å². The van der Waals surface area contributed by atoms with Gasteiger partial charge in [0.05, 0.1) is 11.7 Å². The van der Waals surface area contributed by atoms with E-state index in [0.717, 1.165) is 25.8 Å². The number of hydrogen-bond donors (Lipinski definition) is 1. The number of hydrogen-bond acceptors (Lipinski definition) is 6. The zero-order chi connectivity index (χ0) is 28.4. The molecular weight excluding hydrogens is 508 g/mol. The molecule has 1 atom stereocenters. The van der Waals surface area contributed by atoms with E-state index in [4.69, 9.17) is 0 Å². The molecule has 1 fully saturated rings. The fourth-order valence-electron chi connectivity index (χ4n) is 5.85. The fraction of sp³-hybridized carbons (Fsp3) is 0.419. The van der Waals surface area contributed by atoms with Gasteiger partial charge < -0.3 is 14.8 Å². The minimum absolute atomic E-state index is 0.00986. The number of nitrogens with one attached hydrogen (secondary N) is 1. The Kier molecular flexibility index (Phi) is 8.21. The highest BCUT2D eigenvalue weighted by Crippen LogP contribution is 2.34. The average molecular weight is 546 g/mol. The highest BCUT2D eigenvalue weighted by molar-refractivity contribution is 5.83. The lowest BCUT2D eigenvalue weighted by Gasteiger charge is -2.34. The van der Waals surface area contributed by atoms with Crippen LogP contribution in [0.4, 0.5) is 20.5 Å². The molecule has 1 N–H and O–H groups in total. The maximum absolute atomic E-state index is 15.0. The first-order chi connectivity index (χ1) is 19.3. The highest BCUT2D eigenvalue weighted by atomic mass is 19.1. The monoisotopic (exact) mass is 545 g/mol. The Hall–Kier alpha value is -3.72. The minimum Gasteiger partial charge on any atom is -0.326 e. The lowest BCUT2D eigenvalue weighted by molar-refractivity contribution is 0.184. The first-order valence-corrected chi connectivity index (χ1v) is 14.1. The number of rotatable bonds is 8. The van der Waals surface area contributed by atoms with Crippen LogP contribution in [0.3, 0.4) is 0 Å². The van der Waals surface area contributed by atoms with Crippen LogP contribution in [0.5, 0.6) is 0 Å². The second kappa shape index (κ2) is 11.8. The van der Waals surface area contributed by atoms with Crippen LogP contribution in [0.2, 0.25) is 0 Å². The summed E-state index contributed by atoms with van der Waals surface area (Å²) >= 11 is 0. The van der Waals surface area contributed by atoms with E-state index in [9.17, 15) is 4.39 Å². The second-order valence-corrected chi connectivity index (χ2v) is 10.8. The first kappa shape index (κ1) is 27.8. The molecule has 1 aromatic carbocycles. The van der Waals surface area contributed by atoms with Crippen LogP contribution in [0.1, 0.15) is 63.9 Å². The Morgan fingerprint density at radius 2 is 1.82 bits per heavy atom. The molecule has 4 heterocycles. The predicted octanol–water partition coefficient (Wildman–Crippen LogP) is 7.19. The molecular formula is C31H37F2N7. The molecule has 1 saturated heterocycles. The molecule has 3 aromatic heterocycles. The molecule has 5 rings (SSSR count). The van der Waals surface area contributed by atoms with E-state index in [1.54, 1.807) is 6.07 Å². The Labute approximate surface area is 234 Å². The molecule has 9 heteroatoms. The summed E-state index contributed by atoms with van der Waals surface area (Å²) in [5, 5.41) is 3.08. The van der Waals surface area contributed by atoms with Crippen LogP contribution >= 0.6 is 0 Å². The van der Waals surface area contributed by atoms with Crippen LogP contribution < -0.4 is 5.32 Å². The van der Waals surface area contributed by atoms with E-state index in [1.165, 1.54) is 24.5 Å². The maximum atomic E-state index is 15.0. The van der Waals surface area contributed by atoms with Gasteiger partial charge in [-0.05, 0) is 89.9 Å². The number of aromatic nitrogens is 5. The third-order valence-electron chi connectivity index (χ3n) is 7.86. The van der Waals surface area contributed by atoms with Crippen molar-refractivity contribution in [3.8, 4) is 11.3 Å². The molecule has 7 nitrogen and oxygen atoms in total. The fourth-order valence-corrected chi connectivity index (χ4v) is 5.85. The van der Waals surface area contributed by atoms with Gasteiger partial charge in [0.15, 0.2) is 11.6 Å². The van der Waals surface area contributed by atoms with E-state index in [-0.39, 0.29) is 23.2 Å². The highest BCUT2D eigenvalue weighted by Gasteiger charge is 2.26. The largest absolute Gasteiger partial charge is 0.326 e. The van der Waals surface area contributed by atoms with Gasteiger partial charge in [-0.3, -0.25) is 0 Å². The number of aryl methyl sites for hydroxylation is 1. The summed E-state index contributed by atoms with van der Waals surface area (Å²) in [5.41, 5.74) is 2.36. The topological polar surface area (TPSA) is 71.8 Å². The van der Waals surface area contributed by atoms with Crippen molar-refractivity contribution < 1.29 is 8.78 Å². The lowest BCUT2D eigenvalue weighted by Crippen LogP contribution is -2.35. The van der Waals surface area contributed by atoms with Crippen molar-refractivity contribution in [3.05, 3.63) is 71.8 Å². The van der Waals surface area contributed by atoms with Gasteiger partial charge in [-0.2, -0.15) is 0 Å². The summed E-state index contributed by atoms with van der Waals surface area (Å²) in [4.78, 5) is 20.0. The Bertz CT molecular complexity index is 1500. The van der Waals surface area contributed by atoms with Gasteiger partial charge in [-0.25, -0.2) is 28.7 Å². The van der Waals surface area contributed by atoms with Crippen molar-refractivity contribution in [1.82, 2.24) is 29.4 Å². The lowest BCUT2D eigenvalue weighted by atomic mass is 9.80. The molecule has 1 aliphatic rings. The summed E-state index contributed by atoms with van der Waals surface area (Å²) < 4.78 is 31.9. The maximum Gasteiger partial charge on any atom is 0.229 e. The Balaban J connectivity index is 1.39. The quantitative estimate of drug-likeness (QED) is 0.236. The number of piperidine rings is 1. The number of halogens is 2. The van der Waals surface area contributed by atoms with Gasteiger partial charge in [0.25, 0.3) is 0 Å². The number of nitrogens with zero attached hydrogens (tertiary/aromatic N) is 6. The normalized spacial score (nSPS) is 15.9. The molecule has 40 heavy (non-hydrogen) atoms. The molecule has 0 amide bonds. The standard InChI is InChI=1S/C31H37F2N7/c1-6-8-24(21-11-13-39(7-2)14-12-21)22-9-10-28(34-17-22)37-31-35-18-26(33)29(38-31)23-15-25(32)30-27(16-23)40(19(3)4)20(5)36-30/h6,8-10,15-19,21,24H,7,11-14H2,1-5H3,(H,34,35,37,38)/b8-6+. The number of fused-ring (bicyclic) bond motifs is 1. The van der Waals surface area contributed by atoms with E-state index < -0.39 is 11.6 Å². The third kappa shape index (κ3) is 5.61. The van der Waals surface area contributed by atoms with Gasteiger partial charge >= 0.3 is 0 Å². The number of likely N-dealkylation sites (tertiary alicyclic amines) is 1. The van der Waals surface area contributed by atoms with Gasteiger partial charge in [0.1, 0.15) is 22.9 Å². The molecule has 0 radical (unpaired) electrons. The van der Waals surface area contributed by atoms with E-state index in [0.29, 0.717) is 34.6 Å². The molecule has 0 spiro atoms. The van der Waals surface area contributed by atoms with Crippen molar-refractivity contribution in [2.24, 2.45) is 5.92 Å². The van der Waals surface area contributed by atoms with Crippen molar-refractivity contribution in [2.75, 3.05) is 25.0 Å². The van der Waals surface area contributed by atoms with Gasteiger partial charge in [0.2, 0.25) is 5.95 Å². The number of allylic oxidation sites excluding steroid dienone is 2.